The van der Waals surface area contributed by atoms with E-state index in [1.165, 1.54) is 35.0 Å². The summed E-state index contributed by atoms with van der Waals surface area (Å²) in [4.78, 5) is 24.6. The van der Waals surface area contributed by atoms with Gasteiger partial charge in [0, 0.05) is 24.6 Å². The quantitative estimate of drug-likeness (QED) is 0.809. The Kier molecular flexibility index (Phi) is 4.77. The molecule has 0 bridgehead atoms. The fraction of sp³-hybridized carbons (Fsp3) is 0.421. The van der Waals surface area contributed by atoms with Gasteiger partial charge in [0.2, 0.25) is 0 Å². The molecule has 1 fully saturated rings. The molecule has 2 aromatic rings. The van der Waals surface area contributed by atoms with E-state index in [1.807, 2.05) is 6.92 Å². The molecule has 3 rings (SSSR count). The molecule has 0 saturated heterocycles. The van der Waals surface area contributed by atoms with E-state index in [2.05, 4.69) is 10.4 Å². The molecule has 1 aliphatic carbocycles. The second kappa shape index (κ2) is 6.77. The van der Waals surface area contributed by atoms with Crippen LogP contribution in [0.2, 0.25) is 0 Å². The molecule has 0 aliphatic heterocycles. The molecule has 1 amide bonds. The van der Waals surface area contributed by atoms with Crippen LogP contribution < -0.4 is 5.32 Å². The van der Waals surface area contributed by atoms with Gasteiger partial charge in [-0.15, -0.1) is 0 Å². The molecule has 1 aliphatic rings. The molecule has 1 aromatic heterocycles. The van der Waals surface area contributed by atoms with Crippen LogP contribution in [0.5, 0.6) is 0 Å². The highest BCUT2D eigenvalue weighted by Crippen LogP contribution is 2.51. The molecule has 1 saturated carbocycles. The van der Waals surface area contributed by atoms with E-state index >= 15 is 0 Å². The minimum Gasteiger partial charge on any atom is -0.479 e. The zero-order valence-corrected chi connectivity index (χ0v) is 15.4. The van der Waals surface area contributed by atoms with Crippen LogP contribution in [0.25, 0.3) is 5.69 Å². The summed E-state index contributed by atoms with van der Waals surface area (Å²) in [5.74, 6) is -2.06. The largest absolute Gasteiger partial charge is 0.479 e. The lowest BCUT2D eigenvalue weighted by molar-refractivity contribution is -0.190. The van der Waals surface area contributed by atoms with Crippen LogP contribution in [-0.2, 0) is 9.53 Å². The molecule has 144 valence electrons. The molecule has 0 spiro atoms. The molecule has 1 aromatic carbocycles. The molecule has 2 atom stereocenters. The highest BCUT2D eigenvalue weighted by Gasteiger charge is 2.66. The summed E-state index contributed by atoms with van der Waals surface area (Å²) in [6, 6.07) is 7.14. The Hall–Kier alpha value is -2.74. The normalized spacial score (nSPS) is 23.5. The lowest BCUT2D eigenvalue weighted by Gasteiger charge is -2.58. The number of amides is 1. The van der Waals surface area contributed by atoms with E-state index in [0.29, 0.717) is 12.3 Å². The number of aromatic nitrogens is 2. The molecule has 2 N–H and O–H groups in total. The van der Waals surface area contributed by atoms with E-state index in [-0.39, 0.29) is 24.0 Å². The van der Waals surface area contributed by atoms with E-state index in [1.54, 1.807) is 20.0 Å². The van der Waals surface area contributed by atoms with Crippen molar-refractivity contribution in [2.75, 3.05) is 6.61 Å². The number of aliphatic carboxylic acids is 1. The Bertz CT molecular complexity index is 862. The first-order valence-corrected chi connectivity index (χ1v) is 8.70. The predicted molar refractivity (Wildman–Crippen MR) is 95.2 cm³/mol. The topological polar surface area (TPSA) is 93.5 Å². The van der Waals surface area contributed by atoms with Gasteiger partial charge in [-0.25, -0.2) is 13.9 Å². The number of rotatable bonds is 6. The average Bonchev–Trinajstić information content (AvgIpc) is 3.11. The van der Waals surface area contributed by atoms with Gasteiger partial charge in [0.15, 0.2) is 5.69 Å². The Labute approximate surface area is 156 Å². The van der Waals surface area contributed by atoms with Gasteiger partial charge in [-0.1, -0.05) is 13.8 Å². The van der Waals surface area contributed by atoms with Crippen LogP contribution in [0.15, 0.2) is 36.5 Å². The predicted octanol–water partition coefficient (Wildman–Crippen LogP) is 2.40. The number of carbonyl (C=O) groups is 2. The number of carboxylic acid groups (broad SMARTS) is 1. The minimum atomic E-state index is -1.43. The minimum absolute atomic E-state index is 0.0793. The van der Waals surface area contributed by atoms with Gasteiger partial charge in [0.25, 0.3) is 5.91 Å². The van der Waals surface area contributed by atoms with Crippen molar-refractivity contribution in [2.45, 2.75) is 38.8 Å². The van der Waals surface area contributed by atoms with Crippen LogP contribution in [0.1, 0.15) is 37.7 Å². The Balaban J connectivity index is 1.80. The van der Waals surface area contributed by atoms with Crippen molar-refractivity contribution in [3.63, 3.8) is 0 Å². The van der Waals surface area contributed by atoms with E-state index < -0.39 is 22.8 Å². The van der Waals surface area contributed by atoms with Crippen LogP contribution in [0, 0.1) is 11.2 Å². The Morgan fingerprint density at radius 1 is 1.33 bits per heavy atom. The number of halogens is 1. The maximum Gasteiger partial charge on any atom is 0.330 e. The van der Waals surface area contributed by atoms with Gasteiger partial charge in [0.05, 0.1) is 11.8 Å². The molecular weight excluding hydrogens is 353 g/mol. The maximum absolute atomic E-state index is 13.0. The monoisotopic (exact) mass is 375 g/mol. The smallest absolute Gasteiger partial charge is 0.330 e. The van der Waals surface area contributed by atoms with Crippen LogP contribution in [0.4, 0.5) is 4.39 Å². The molecule has 1 heterocycles. The summed E-state index contributed by atoms with van der Waals surface area (Å²) >= 11 is 0. The van der Waals surface area contributed by atoms with Gasteiger partial charge in [-0.3, -0.25) is 4.79 Å². The number of hydrogen-bond acceptors (Lipinski definition) is 4. The van der Waals surface area contributed by atoms with Crippen LogP contribution in [-0.4, -0.2) is 45.0 Å². The molecular formula is C19H22FN3O4. The summed E-state index contributed by atoms with van der Waals surface area (Å²) in [6.07, 6.45) is 1.49. The summed E-state index contributed by atoms with van der Waals surface area (Å²) in [5.41, 5.74) is -1.53. The molecule has 8 heteroatoms. The standard InChI is InChI=1S/C19H22FN3O4/c1-4-27-15-11-19(17(25)26,18(15,2)3)21-16(24)14-9-10-23(22-14)13-7-5-12(20)6-8-13/h5-10,15H,4,11H2,1-3H3,(H,21,24)(H,25,26). The van der Waals surface area contributed by atoms with Crippen molar-refractivity contribution in [3.8, 4) is 5.69 Å². The highest BCUT2D eigenvalue weighted by atomic mass is 19.1. The maximum atomic E-state index is 13.0. The second-order valence-corrected chi connectivity index (χ2v) is 7.16. The van der Waals surface area contributed by atoms with Gasteiger partial charge >= 0.3 is 5.97 Å². The number of hydrogen-bond donors (Lipinski definition) is 2. The van der Waals surface area contributed by atoms with Crippen molar-refractivity contribution >= 4 is 11.9 Å². The fourth-order valence-corrected chi connectivity index (χ4v) is 3.48. The van der Waals surface area contributed by atoms with Crippen molar-refractivity contribution in [1.82, 2.24) is 15.1 Å². The number of nitrogens with zero attached hydrogens (tertiary/aromatic N) is 2. The Morgan fingerprint density at radius 3 is 2.56 bits per heavy atom. The number of ether oxygens (including phenoxy) is 1. The van der Waals surface area contributed by atoms with Gasteiger partial charge in [-0.2, -0.15) is 5.10 Å². The number of carboxylic acids is 1. The van der Waals surface area contributed by atoms with Crippen LogP contribution in [0.3, 0.4) is 0 Å². The summed E-state index contributed by atoms with van der Waals surface area (Å²) in [6.45, 7) is 5.85. The summed E-state index contributed by atoms with van der Waals surface area (Å²) in [7, 11) is 0. The number of nitrogens with one attached hydrogen (secondary N) is 1. The molecule has 27 heavy (non-hydrogen) atoms. The lowest BCUT2D eigenvalue weighted by Crippen LogP contribution is -2.76. The van der Waals surface area contributed by atoms with Crippen molar-refractivity contribution in [2.24, 2.45) is 5.41 Å². The van der Waals surface area contributed by atoms with Crippen molar-refractivity contribution < 1.29 is 23.8 Å². The first-order valence-electron chi connectivity index (χ1n) is 8.70. The first-order chi connectivity index (χ1) is 12.7. The first kappa shape index (κ1) is 19.0. The Morgan fingerprint density at radius 2 is 2.00 bits per heavy atom. The van der Waals surface area contributed by atoms with Crippen molar-refractivity contribution in [3.05, 3.63) is 48.0 Å². The third-order valence-corrected chi connectivity index (χ3v) is 5.37. The molecule has 2 unspecified atom stereocenters. The third-order valence-electron chi connectivity index (χ3n) is 5.37. The second-order valence-electron chi connectivity index (χ2n) is 7.16. The molecule has 0 radical (unpaired) electrons. The van der Waals surface area contributed by atoms with E-state index in [4.69, 9.17) is 4.74 Å². The number of benzene rings is 1. The fourth-order valence-electron chi connectivity index (χ4n) is 3.48. The van der Waals surface area contributed by atoms with Gasteiger partial charge < -0.3 is 15.2 Å². The summed E-state index contributed by atoms with van der Waals surface area (Å²) in [5, 5.41) is 16.6. The van der Waals surface area contributed by atoms with E-state index in [9.17, 15) is 19.1 Å². The third kappa shape index (κ3) is 3.10. The average molecular weight is 375 g/mol. The lowest BCUT2D eigenvalue weighted by atomic mass is 9.54. The van der Waals surface area contributed by atoms with Crippen molar-refractivity contribution in [1.29, 1.82) is 0 Å². The highest BCUT2D eigenvalue weighted by molar-refractivity contribution is 5.97. The number of carbonyl (C=O) groups excluding carboxylic acids is 1. The summed E-state index contributed by atoms with van der Waals surface area (Å²) < 4.78 is 20.1. The van der Waals surface area contributed by atoms with Crippen LogP contribution >= 0.6 is 0 Å². The van der Waals surface area contributed by atoms with Gasteiger partial charge in [-0.05, 0) is 37.3 Å². The SMILES string of the molecule is CCOC1CC(NC(=O)c2ccn(-c3ccc(F)cc3)n2)(C(=O)O)C1(C)C. The molecule has 7 nitrogen and oxygen atoms in total. The zero-order valence-electron chi connectivity index (χ0n) is 15.4. The van der Waals surface area contributed by atoms with E-state index in [0.717, 1.165) is 0 Å². The zero-order chi connectivity index (χ0) is 19.8. The van der Waals surface area contributed by atoms with Gasteiger partial charge in [0.1, 0.15) is 11.4 Å².